The van der Waals surface area contributed by atoms with Crippen molar-refractivity contribution in [2.75, 3.05) is 0 Å². The normalized spacial score (nSPS) is 33.8. The average Bonchev–Trinajstić information content (AvgIpc) is 3.34. The Bertz CT molecular complexity index is 732. The van der Waals surface area contributed by atoms with Crippen molar-refractivity contribution in [1.82, 2.24) is 5.06 Å². The summed E-state index contributed by atoms with van der Waals surface area (Å²) in [5.41, 5.74) is 7.00. The van der Waals surface area contributed by atoms with Gasteiger partial charge in [-0.1, -0.05) is 32.9 Å². The zero-order valence-corrected chi connectivity index (χ0v) is 18.6. The first-order valence-electron chi connectivity index (χ1n) is 11.0. The lowest BCUT2D eigenvalue weighted by Gasteiger charge is -2.45. The van der Waals surface area contributed by atoms with Crippen LogP contribution in [0, 0.1) is 29.1 Å². The maximum absolute atomic E-state index is 13.1. The summed E-state index contributed by atoms with van der Waals surface area (Å²) in [6, 6.07) is 7.45. The van der Waals surface area contributed by atoms with Gasteiger partial charge < -0.3 is 16.0 Å². The number of benzene rings is 1. The van der Waals surface area contributed by atoms with Gasteiger partial charge in [-0.2, -0.15) is 5.06 Å². The first kappa shape index (κ1) is 22.3. The Morgan fingerprint density at radius 2 is 1.83 bits per heavy atom. The number of phenolic OH excluding ortho intramolecular Hbond substituents is 1. The van der Waals surface area contributed by atoms with Crippen molar-refractivity contribution in [3.05, 3.63) is 29.8 Å². The highest BCUT2D eigenvalue weighted by atomic mass is 16.5. The van der Waals surface area contributed by atoms with E-state index < -0.39 is 11.7 Å². The number of piperidine rings is 1. The largest absolute Gasteiger partial charge is 0.508 e. The molecule has 162 valence electrons. The molecule has 29 heavy (non-hydrogen) atoms. The fraction of sp³-hybridized carbons (Fsp3) is 0.708. The van der Waals surface area contributed by atoms with E-state index in [2.05, 4.69) is 20.8 Å². The van der Waals surface area contributed by atoms with Gasteiger partial charge in [0.1, 0.15) is 11.5 Å². The molecule has 2 fully saturated rings. The lowest BCUT2D eigenvalue weighted by molar-refractivity contribution is -0.218. The van der Waals surface area contributed by atoms with Gasteiger partial charge >= 0.3 is 0 Å². The Morgan fingerprint density at radius 1 is 1.21 bits per heavy atom. The van der Waals surface area contributed by atoms with Crippen molar-refractivity contribution >= 4 is 5.78 Å². The maximum atomic E-state index is 13.1. The number of phenols is 1. The molecule has 0 amide bonds. The van der Waals surface area contributed by atoms with Gasteiger partial charge in [-0.25, -0.2) is 0 Å². The van der Waals surface area contributed by atoms with E-state index in [0.717, 1.165) is 19.3 Å². The number of hydrogen-bond donors (Lipinski definition) is 3. The van der Waals surface area contributed by atoms with Crippen molar-refractivity contribution in [1.29, 1.82) is 0 Å². The van der Waals surface area contributed by atoms with E-state index >= 15 is 0 Å². The molecule has 1 aliphatic heterocycles. The van der Waals surface area contributed by atoms with Crippen molar-refractivity contribution < 1.29 is 15.1 Å². The third-order valence-corrected chi connectivity index (χ3v) is 7.79. The van der Waals surface area contributed by atoms with Gasteiger partial charge in [-0.05, 0) is 80.4 Å². The predicted octanol–water partition coefficient (Wildman–Crippen LogP) is 4.36. The van der Waals surface area contributed by atoms with Crippen LogP contribution in [-0.2, 0) is 11.2 Å². The van der Waals surface area contributed by atoms with Gasteiger partial charge in [0, 0.05) is 17.9 Å². The molecular weight excluding hydrogens is 364 g/mol. The molecule has 1 aromatic rings. The minimum atomic E-state index is -0.401. The van der Waals surface area contributed by atoms with E-state index in [1.807, 2.05) is 26.0 Å². The number of aromatic hydroxyl groups is 1. The van der Waals surface area contributed by atoms with Crippen molar-refractivity contribution in [3.8, 4) is 5.75 Å². The van der Waals surface area contributed by atoms with Crippen LogP contribution in [0.2, 0.25) is 0 Å². The van der Waals surface area contributed by atoms with Crippen molar-refractivity contribution in [2.45, 2.75) is 78.4 Å². The van der Waals surface area contributed by atoms with Crippen LogP contribution in [-0.4, -0.2) is 32.9 Å². The zero-order chi connectivity index (χ0) is 21.6. The monoisotopic (exact) mass is 402 g/mol. The number of hydroxylamine groups is 2. The maximum Gasteiger partial charge on any atom is 0.136 e. The summed E-state index contributed by atoms with van der Waals surface area (Å²) in [5.74, 6) is 1.96. The van der Waals surface area contributed by atoms with Crippen LogP contribution >= 0.6 is 0 Å². The lowest BCUT2D eigenvalue weighted by Crippen LogP contribution is -2.57. The van der Waals surface area contributed by atoms with Gasteiger partial charge in [0.05, 0.1) is 6.17 Å². The van der Waals surface area contributed by atoms with E-state index in [4.69, 9.17) is 5.73 Å². The van der Waals surface area contributed by atoms with Gasteiger partial charge in [0.15, 0.2) is 0 Å². The summed E-state index contributed by atoms with van der Waals surface area (Å²) in [7, 11) is 0. The SMILES string of the molecule is CC(Cc1ccc(O)cc1)C1CC1(C)C(C)C(=O)CC1CC(N)N(O)C(C)(C)C1. The Kier molecular flexibility index (Phi) is 6.15. The third kappa shape index (κ3) is 4.68. The predicted molar refractivity (Wildman–Crippen MR) is 114 cm³/mol. The van der Waals surface area contributed by atoms with Crippen LogP contribution in [0.5, 0.6) is 5.75 Å². The van der Waals surface area contributed by atoms with E-state index in [9.17, 15) is 15.1 Å². The van der Waals surface area contributed by atoms with E-state index in [1.165, 1.54) is 10.6 Å². The van der Waals surface area contributed by atoms with Crippen LogP contribution in [0.4, 0.5) is 0 Å². The van der Waals surface area contributed by atoms with Gasteiger partial charge in [-0.15, -0.1) is 0 Å². The summed E-state index contributed by atoms with van der Waals surface area (Å²) < 4.78 is 0. The molecule has 1 saturated heterocycles. The molecule has 0 bridgehead atoms. The third-order valence-electron chi connectivity index (χ3n) is 7.79. The van der Waals surface area contributed by atoms with E-state index in [1.54, 1.807) is 12.1 Å². The number of carbonyl (C=O) groups excluding carboxylic acids is 1. The molecular formula is C24H38N2O3. The number of nitrogens with two attached hydrogens (primary N) is 1. The molecule has 4 N–H and O–H groups in total. The highest BCUT2D eigenvalue weighted by Gasteiger charge is 2.57. The molecule has 1 heterocycles. The fourth-order valence-corrected chi connectivity index (χ4v) is 5.67. The Labute approximate surface area is 175 Å². The zero-order valence-electron chi connectivity index (χ0n) is 18.6. The Morgan fingerprint density at radius 3 is 2.41 bits per heavy atom. The summed E-state index contributed by atoms with van der Waals surface area (Å²) in [6.45, 7) is 10.6. The van der Waals surface area contributed by atoms with Crippen LogP contribution in [0.15, 0.2) is 24.3 Å². The second kappa shape index (κ2) is 8.01. The molecule has 1 saturated carbocycles. The molecule has 2 aliphatic rings. The van der Waals surface area contributed by atoms with Crippen LogP contribution in [0.3, 0.4) is 0 Å². The van der Waals surface area contributed by atoms with Crippen molar-refractivity contribution in [3.63, 3.8) is 0 Å². The quantitative estimate of drug-likeness (QED) is 0.631. The molecule has 6 atom stereocenters. The van der Waals surface area contributed by atoms with Gasteiger partial charge in [0.2, 0.25) is 0 Å². The summed E-state index contributed by atoms with van der Waals surface area (Å²) in [4.78, 5) is 13.1. The first-order valence-corrected chi connectivity index (χ1v) is 11.0. The summed E-state index contributed by atoms with van der Waals surface area (Å²) in [6.07, 6.45) is 3.67. The molecule has 0 radical (unpaired) electrons. The topological polar surface area (TPSA) is 86.8 Å². The molecule has 5 nitrogen and oxygen atoms in total. The highest BCUT2D eigenvalue weighted by Crippen LogP contribution is 2.61. The Balaban J connectivity index is 1.56. The minimum absolute atomic E-state index is 0.0428. The molecule has 3 rings (SSSR count). The second-order valence-electron chi connectivity index (χ2n) is 10.6. The van der Waals surface area contributed by atoms with E-state index in [0.29, 0.717) is 36.2 Å². The average molecular weight is 403 g/mol. The first-order chi connectivity index (χ1) is 13.4. The Hall–Kier alpha value is -1.43. The highest BCUT2D eigenvalue weighted by molar-refractivity contribution is 5.82. The smallest absolute Gasteiger partial charge is 0.136 e. The molecule has 5 heteroatoms. The number of rotatable bonds is 7. The number of nitrogens with zero attached hydrogens (tertiary/aromatic N) is 1. The molecule has 0 spiro atoms. The number of Topliss-reactive ketones (excluding diaryl/α,β-unsaturated/α-hetero) is 1. The number of carbonyl (C=O) groups is 1. The molecule has 6 unspecified atom stereocenters. The molecule has 1 aromatic carbocycles. The van der Waals surface area contributed by atoms with Gasteiger partial charge in [0.25, 0.3) is 0 Å². The van der Waals surface area contributed by atoms with Crippen LogP contribution < -0.4 is 5.73 Å². The lowest BCUT2D eigenvalue weighted by atomic mass is 9.76. The van der Waals surface area contributed by atoms with E-state index in [-0.39, 0.29) is 17.3 Å². The van der Waals surface area contributed by atoms with Crippen molar-refractivity contribution in [2.24, 2.45) is 34.8 Å². The van der Waals surface area contributed by atoms with Crippen LogP contribution in [0.1, 0.15) is 65.9 Å². The fourth-order valence-electron chi connectivity index (χ4n) is 5.67. The summed E-state index contributed by atoms with van der Waals surface area (Å²) in [5, 5.41) is 20.9. The van der Waals surface area contributed by atoms with Crippen LogP contribution in [0.25, 0.3) is 0 Å². The minimum Gasteiger partial charge on any atom is -0.508 e. The molecule has 0 aromatic heterocycles. The van der Waals surface area contributed by atoms with Gasteiger partial charge in [-0.3, -0.25) is 4.79 Å². The summed E-state index contributed by atoms with van der Waals surface area (Å²) >= 11 is 0. The number of ketones is 1. The second-order valence-corrected chi connectivity index (χ2v) is 10.6. The molecule has 1 aliphatic carbocycles. The standard InChI is InChI=1S/C24H38N2O3/c1-15(10-17-6-8-19(27)9-7-17)20-14-24(20,5)16(2)21(28)11-18-12-22(25)26(29)23(3,4)13-18/h6-9,15-16,18,20,22,27,29H,10-14,25H2,1-5H3. The number of hydrogen-bond acceptors (Lipinski definition) is 5.